The minimum Gasteiger partial charge on any atom is -0.454 e. The number of fused-ring (bicyclic) bond motifs is 1. The van der Waals surface area contributed by atoms with Gasteiger partial charge in [-0.2, -0.15) is 0 Å². The summed E-state index contributed by atoms with van der Waals surface area (Å²) in [7, 11) is 0. The molecular weight excluding hydrogens is 408 g/mol. The van der Waals surface area contributed by atoms with E-state index in [9.17, 15) is 9.59 Å². The SMILES string of the molecule is Cc1ccn(Cc2ccc3c(c2)OCO3)c(=O)c1C(=O)N1CCN(c2cccnc2)CC1. The lowest BCUT2D eigenvalue weighted by molar-refractivity contribution is 0.0743. The molecule has 1 amide bonds. The Morgan fingerprint density at radius 2 is 1.88 bits per heavy atom. The summed E-state index contributed by atoms with van der Waals surface area (Å²) >= 11 is 0. The fourth-order valence-corrected chi connectivity index (χ4v) is 4.15. The summed E-state index contributed by atoms with van der Waals surface area (Å²) in [6, 6.07) is 11.4. The van der Waals surface area contributed by atoms with Gasteiger partial charge in [0.25, 0.3) is 11.5 Å². The number of hydrogen-bond donors (Lipinski definition) is 0. The molecule has 0 bridgehead atoms. The Hall–Kier alpha value is -3.81. The lowest BCUT2D eigenvalue weighted by atomic mass is 10.1. The normalized spacial score (nSPS) is 15.2. The molecule has 0 spiro atoms. The number of aromatic nitrogens is 2. The number of carbonyl (C=O) groups is 1. The molecule has 0 N–H and O–H groups in total. The molecule has 164 valence electrons. The van der Waals surface area contributed by atoms with E-state index >= 15 is 0 Å². The largest absolute Gasteiger partial charge is 0.454 e. The van der Waals surface area contributed by atoms with Gasteiger partial charge >= 0.3 is 0 Å². The summed E-state index contributed by atoms with van der Waals surface area (Å²) < 4.78 is 12.4. The maximum atomic E-state index is 13.3. The van der Waals surface area contributed by atoms with Crippen LogP contribution in [0.15, 0.2) is 59.8 Å². The number of rotatable bonds is 4. The molecule has 1 saturated heterocycles. The number of piperazine rings is 1. The number of anilines is 1. The second kappa shape index (κ2) is 8.37. The van der Waals surface area contributed by atoms with Crippen LogP contribution < -0.4 is 19.9 Å². The molecule has 8 heteroatoms. The van der Waals surface area contributed by atoms with Crippen molar-refractivity contribution in [3.63, 3.8) is 0 Å². The monoisotopic (exact) mass is 432 g/mol. The van der Waals surface area contributed by atoms with E-state index in [1.165, 1.54) is 0 Å². The van der Waals surface area contributed by atoms with Crippen molar-refractivity contribution in [3.8, 4) is 11.5 Å². The van der Waals surface area contributed by atoms with E-state index in [0.29, 0.717) is 49.8 Å². The molecule has 0 aliphatic carbocycles. The number of nitrogens with zero attached hydrogens (tertiary/aromatic N) is 4. The molecule has 0 saturated carbocycles. The third-order valence-corrected chi connectivity index (χ3v) is 5.96. The molecular formula is C24H24N4O4. The molecule has 0 radical (unpaired) electrons. The Bertz CT molecular complexity index is 1200. The van der Waals surface area contributed by atoms with Crippen molar-refractivity contribution in [2.75, 3.05) is 37.9 Å². The Morgan fingerprint density at radius 3 is 2.66 bits per heavy atom. The van der Waals surface area contributed by atoms with E-state index in [0.717, 1.165) is 11.3 Å². The van der Waals surface area contributed by atoms with E-state index in [4.69, 9.17) is 9.47 Å². The van der Waals surface area contributed by atoms with Crippen LogP contribution in [-0.2, 0) is 6.54 Å². The van der Waals surface area contributed by atoms with Crippen LogP contribution in [0.4, 0.5) is 5.69 Å². The average Bonchev–Trinajstić information content (AvgIpc) is 3.30. The molecule has 8 nitrogen and oxygen atoms in total. The van der Waals surface area contributed by atoms with Gasteiger partial charge in [0.1, 0.15) is 5.56 Å². The molecule has 4 heterocycles. The number of aryl methyl sites for hydroxylation is 1. The van der Waals surface area contributed by atoms with Crippen molar-refractivity contribution in [1.29, 1.82) is 0 Å². The smallest absolute Gasteiger partial charge is 0.263 e. The van der Waals surface area contributed by atoms with Gasteiger partial charge in [-0.1, -0.05) is 6.07 Å². The highest BCUT2D eigenvalue weighted by molar-refractivity contribution is 5.95. The maximum absolute atomic E-state index is 13.3. The summed E-state index contributed by atoms with van der Waals surface area (Å²) in [5.74, 6) is 1.16. The number of amides is 1. The van der Waals surface area contributed by atoms with Gasteiger partial charge in [-0.15, -0.1) is 0 Å². The van der Waals surface area contributed by atoms with Gasteiger partial charge in [-0.3, -0.25) is 14.6 Å². The Kier molecular flexibility index (Phi) is 5.26. The van der Waals surface area contributed by atoms with Gasteiger partial charge < -0.3 is 23.8 Å². The standard InChI is InChI=1S/C24H24N4O4/c1-17-6-8-28(15-18-4-5-20-21(13-18)32-16-31-20)24(30)22(17)23(29)27-11-9-26(10-12-27)19-3-2-7-25-14-19/h2-8,13-14H,9-12,15-16H2,1H3. The molecule has 5 rings (SSSR count). The van der Waals surface area contributed by atoms with Crippen LogP contribution in [0.25, 0.3) is 0 Å². The number of ether oxygens (including phenoxy) is 2. The van der Waals surface area contributed by atoms with Crippen molar-refractivity contribution < 1.29 is 14.3 Å². The topological polar surface area (TPSA) is 76.9 Å². The lowest BCUT2D eigenvalue weighted by Gasteiger charge is -2.36. The van der Waals surface area contributed by atoms with Crippen LogP contribution in [-0.4, -0.2) is 53.3 Å². The second-order valence-electron chi connectivity index (χ2n) is 7.98. The third kappa shape index (κ3) is 3.79. The first-order valence-electron chi connectivity index (χ1n) is 10.6. The maximum Gasteiger partial charge on any atom is 0.263 e. The third-order valence-electron chi connectivity index (χ3n) is 5.96. The molecule has 0 atom stereocenters. The zero-order valence-electron chi connectivity index (χ0n) is 17.9. The van der Waals surface area contributed by atoms with Gasteiger partial charge in [0.2, 0.25) is 6.79 Å². The molecule has 3 aromatic rings. The highest BCUT2D eigenvalue weighted by Crippen LogP contribution is 2.32. The van der Waals surface area contributed by atoms with E-state index in [1.807, 2.05) is 49.5 Å². The first-order valence-corrected chi connectivity index (χ1v) is 10.6. The Labute approximate surface area is 185 Å². The van der Waals surface area contributed by atoms with Crippen molar-refractivity contribution in [3.05, 3.63) is 82.0 Å². The molecule has 1 aromatic carbocycles. The zero-order chi connectivity index (χ0) is 22.1. The van der Waals surface area contributed by atoms with E-state index in [2.05, 4.69) is 9.88 Å². The fourth-order valence-electron chi connectivity index (χ4n) is 4.15. The summed E-state index contributed by atoms with van der Waals surface area (Å²) in [4.78, 5) is 34.7. The molecule has 32 heavy (non-hydrogen) atoms. The molecule has 0 unspecified atom stereocenters. The molecule has 2 aliphatic heterocycles. The highest BCUT2D eigenvalue weighted by atomic mass is 16.7. The average molecular weight is 432 g/mol. The van der Waals surface area contributed by atoms with Crippen LogP contribution in [0.5, 0.6) is 11.5 Å². The first-order chi connectivity index (χ1) is 15.6. The minimum absolute atomic E-state index is 0.204. The van der Waals surface area contributed by atoms with E-state index in [-0.39, 0.29) is 23.8 Å². The summed E-state index contributed by atoms with van der Waals surface area (Å²) in [5.41, 5.74) is 2.60. The fraction of sp³-hybridized carbons (Fsp3) is 0.292. The van der Waals surface area contributed by atoms with Crippen LogP contribution in [0.1, 0.15) is 21.5 Å². The van der Waals surface area contributed by atoms with Gasteiger partial charge in [0.15, 0.2) is 11.5 Å². The van der Waals surface area contributed by atoms with Crippen molar-refractivity contribution in [2.45, 2.75) is 13.5 Å². The Balaban J connectivity index is 1.33. The van der Waals surface area contributed by atoms with Gasteiger partial charge in [0, 0.05) is 38.6 Å². The van der Waals surface area contributed by atoms with Crippen molar-refractivity contribution >= 4 is 11.6 Å². The van der Waals surface area contributed by atoms with Crippen LogP contribution in [0.2, 0.25) is 0 Å². The van der Waals surface area contributed by atoms with Gasteiger partial charge in [-0.05, 0) is 48.4 Å². The van der Waals surface area contributed by atoms with Gasteiger partial charge in [0.05, 0.1) is 18.4 Å². The van der Waals surface area contributed by atoms with E-state index < -0.39 is 0 Å². The van der Waals surface area contributed by atoms with Crippen LogP contribution in [0.3, 0.4) is 0 Å². The summed E-state index contributed by atoms with van der Waals surface area (Å²) in [6.07, 6.45) is 5.31. The second-order valence-corrected chi connectivity index (χ2v) is 7.98. The number of carbonyl (C=O) groups excluding carboxylic acids is 1. The van der Waals surface area contributed by atoms with E-state index in [1.54, 1.807) is 21.9 Å². The zero-order valence-corrected chi connectivity index (χ0v) is 17.9. The number of benzene rings is 1. The first kappa shape index (κ1) is 20.1. The molecule has 2 aromatic heterocycles. The summed E-state index contributed by atoms with van der Waals surface area (Å²) in [6.45, 7) is 4.89. The molecule has 2 aliphatic rings. The molecule has 1 fully saturated rings. The van der Waals surface area contributed by atoms with Gasteiger partial charge in [-0.25, -0.2) is 0 Å². The predicted molar refractivity (Wildman–Crippen MR) is 119 cm³/mol. The predicted octanol–water partition coefficient (Wildman–Crippen LogP) is 2.29. The highest BCUT2D eigenvalue weighted by Gasteiger charge is 2.26. The van der Waals surface area contributed by atoms with Crippen molar-refractivity contribution in [2.24, 2.45) is 0 Å². The Morgan fingerprint density at radius 1 is 1.06 bits per heavy atom. The van der Waals surface area contributed by atoms with Crippen LogP contribution >= 0.6 is 0 Å². The lowest BCUT2D eigenvalue weighted by Crippen LogP contribution is -2.50. The minimum atomic E-state index is -0.276. The van der Waals surface area contributed by atoms with Crippen LogP contribution in [0, 0.1) is 6.92 Å². The summed E-state index contributed by atoms with van der Waals surface area (Å²) in [5, 5.41) is 0. The quantitative estimate of drug-likeness (QED) is 0.630. The number of hydrogen-bond acceptors (Lipinski definition) is 6. The van der Waals surface area contributed by atoms with Crippen molar-refractivity contribution in [1.82, 2.24) is 14.5 Å². The number of pyridine rings is 2.